The lowest BCUT2D eigenvalue weighted by atomic mass is 10.2. The van der Waals surface area contributed by atoms with Crippen LogP contribution < -0.4 is 5.32 Å². The lowest BCUT2D eigenvalue weighted by molar-refractivity contribution is -0.137. The lowest BCUT2D eigenvalue weighted by Crippen LogP contribution is -2.12. The minimum Gasteiger partial charge on any atom is -0.325 e. The molecule has 0 aliphatic rings. The third-order valence-electron chi connectivity index (χ3n) is 1.62. The van der Waals surface area contributed by atoms with E-state index in [9.17, 15) is 18.0 Å². The van der Waals surface area contributed by atoms with Crippen LogP contribution in [0.15, 0.2) is 24.3 Å². The minimum absolute atomic E-state index is 0.240. The number of carbonyl (C=O) groups excluding carboxylic acids is 1. The van der Waals surface area contributed by atoms with Gasteiger partial charge in [-0.1, -0.05) is 22.6 Å². The lowest BCUT2D eigenvalue weighted by Gasteiger charge is -2.07. The summed E-state index contributed by atoms with van der Waals surface area (Å²) >= 11 is 1.87. The number of hydrogen-bond acceptors (Lipinski definition) is 1. The smallest absolute Gasteiger partial charge is 0.325 e. The quantitative estimate of drug-likeness (QED) is 0.656. The summed E-state index contributed by atoms with van der Waals surface area (Å²) in [6.07, 6.45) is -4.34. The number of hydrogen-bond donors (Lipinski definition) is 1. The van der Waals surface area contributed by atoms with Crippen LogP contribution in [0.2, 0.25) is 0 Å². The monoisotopic (exact) mass is 329 g/mol. The molecule has 2 nitrogen and oxygen atoms in total. The summed E-state index contributed by atoms with van der Waals surface area (Å²) in [6, 6.07) is 4.33. The Bertz CT molecular complexity index is 347. The predicted molar refractivity (Wildman–Crippen MR) is 59.0 cm³/mol. The second-order valence-corrected chi connectivity index (χ2v) is 3.52. The molecule has 0 fully saturated rings. The summed E-state index contributed by atoms with van der Waals surface area (Å²) in [7, 11) is 0. The Morgan fingerprint density at radius 1 is 1.27 bits per heavy atom. The molecule has 1 aromatic carbocycles. The van der Waals surface area contributed by atoms with Crippen LogP contribution in [0, 0.1) is 0 Å². The number of carbonyl (C=O) groups is 1. The molecule has 0 unspecified atom stereocenters. The fourth-order valence-corrected chi connectivity index (χ4v) is 1.13. The Morgan fingerprint density at radius 3 is 2.20 bits per heavy atom. The number of alkyl halides is 4. The average Bonchev–Trinajstić information content (AvgIpc) is 2.17. The van der Waals surface area contributed by atoms with Crippen molar-refractivity contribution in [1.82, 2.24) is 0 Å². The second kappa shape index (κ2) is 4.82. The fourth-order valence-electron chi connectivity index (χ4n) is 0.937. The maximum atomic E-state index is 12.2. The van der Waals surface area contributed by atoms with E-state index >= 15 is 0 Å². The van der Waals surface area contributed by atoms with Gasteiger partial charge in [-0.15, -0.1) is 0 Å². The zero-order valence-electron chi connectivity index (χ0n) is 7.44. The molecular formula is C9H7F3INO. The molecule has 1 N–H and O–H groups in total. The average molecular weight is 329 g/mol. The molecule has 82 valence electrons. The SMILES string of the molecule is O=C(CI)Nc1ccc(C(F)(F)F)cc1. The summed E-state index contributed by atoms with van der Waals surface area (Å²) in [5.74, 6) is -0.240. The fraction of sp³-hybridized carbons (Fsp3) is 0.222. The van der Waals surface area contributed by atoms with Crippen molar-refractivity contribution in [2.24, 2.45) is 0 Å². The first-order chi connectivity index (χ1) is 6.93. The van der Waals surface area contributed by atoms with Crippen molar-refractivity contribution in [2.75, 3.05) is 9.74 Å². The van der Waals surface area contributed by atoms with E-state index in [-0.39, 0.29) is 10.3 Å². The van der Waals surface area contributed by atoms with E-state index < -0.39 is 11.7 Å². The highest BCUT2D eigenvalue weighted by atomic mass is 127. The van der Waals surface area contributed by atoms with Gasteiger partial charge in [0, 0.05) is 5.69 Å². The minimum atomic E-state index is -4.34. The van der Waals surface area contributed by atoms with E-state index in [4.69, 9.17) is 0 Å². The molecule has 0 saturated heterocycles. The highest BCUT2D eigenvalue weighted by molar-refractivity contribution is 14.1. The van der Waals surface area contributed by atoms with Gasteiger partial charge >= 0.3 is 6.18 Å². The van der Waals surface area contributed by atoms with Gasteiger partial charge in [0.2, 0.25) is 5.91 Å². The first-order valence-corrected chi connectivity index (χ1v) is 5.49. The number of nitrogens with one attached hydrogen (secondary N) is 1. The third kappa shape index (κ3) is 3.69. The first kappa shape index (κ1) is 12.3. The molecule has 0 radical (unpaired) electrons. The first-order valence-electron chi connectivity index (χ1n) is 3.96. The van der Waals surface area contributed by atoms with Crippen LogP contribution in [-0.4, -0.2) is 10.3 Å². The summed E-state index contributed by atoms with van der Waals surface area (Å²) in [5, 5.41) is 2.46. The molecule has 0 aromatic heterocycles. The van der Waals surface area contributed by atoms with Gasteiger partial charge in [0.05, 0.1) is 9.99 Å². The van der Waals surface area contributed by atoms with Crippen LogP contribution in [0.25, 0.3) is 0 Å². The van der Waals surface area contributed by atoms with Crippen LogP contribution in [0.5, 0.6) is 0 Å². The van der Waals surface area contributed by atoms with E-state index in [0.717, 1.165) is 12.1 Å². The molecule has 0 atom stereocenters. The third-order valence-corrected chi connectivity index (χ3v) is 2.31. The highest BCUT2D eigenvalue weighted by Crippen LogP contribution is 2.29. The van der Waals surface area contributed by atoms with Gasteiger partial charge in [-0.05, 0) is 24.3 Å². The van der Waals surface area contributed by atoms with Crippen LogP contribution in [0.3, 0.4) is 0 Å². The van der Waals surface area contributed by atoms with Crippen molar-refractivity contribution in [3.05, 3.63) is 29.8 Å². The zero-order chi connectivity index (χ0) is 11.5. The van der Waals surface area contributed by atoms with Crippen LogP contribution >= 0.6 is 22.6 Å². The summed E-state index contributed by atoms with van der Waals surface area (Å²) in [5.41, 5.74) is -0.361. The summed E-state index contributed by atoms with van der Waals surface area (Å²) in [4.78, 5) is 10.9. The molecule has 1 rings (SSSR count). The molecule has 1 aromatic rings. The second-order valence-electron chi connectivity index (χ2n) is 2.76. The number of halogens is 4. The number of amides is 1. The molecule has 15 heavy (non-hydrogen) atoms. The van der Waals surface area contributed by atoms with E-state index in [0.29, 0.717) is 5.69 Å². The zero-order valence-corrected chi connectivity index (χ0v) is 9.59. The van der Waals surface area contributed by atoms with Gasteiger partial charge in [0.25, 0.3) is 0 Å². The number of benzene rings is 1. The van der Waals surface area contributed by atoms with Crippen LogP contribution in [-0.2, 0) is 11.0 Å². The van der Waals surface area contributed by atoms with Crippen molar-refractivity contribution in [1.29, 1.82) is 0 Å². The Labute approximate surface area is 98.0 Å². The predicted octanol–water partition coefficient (Wildman–Crippen LogP) is 3.08. The Morgan fingerprint density at radius 2 is 1.80 bits per heavy atom. The van der Waals surface area contributed by atoms with Gasteiger partial charge < -0.3 is 5.32 Å². The molecule has 0 bridgehead atoms. The molecule has 1 amide bonds. The largest absolute Gasteiger partial charge is 0.416 e. The van der Waals surface area contributed by atoms with E-state index in [1.807, 2.05) is 22.6 Å². The molecule has 0 aliphatic heterocycles. The number of rotatable bonds is 2. The van der Waals surface area contributed by atoms with Crippen molar-refractivity contribution in [3.8, 4) is 0 Å². The van der Waals surface area contributed by atoms with Gasteiger partial charge in [-0.3, -0.25) is 4.79 Å². The molecule has 0 spiro atoms. The molecule has 0 heterocycles. The Kier molecular flexibility index (Phi) is 3.95. The topological polar surface area (TPSA) is 29.1 Å². The van der Waals surface area contributed by atoms with Crippen LogP contribution in [0.1, 0.15) is 5.56 Å². The van der Waals surface area contributed by atoms with Gasteiger partial charge in [0.15, 0.2) is 0 Å². The van der Waals surface area contributed by atoms with Crippen molar-refractivity contribution in [2.45, 2.75) is 6.18 Å². The standard InChI is InChI=1S/C9H7F3INO/c10-9(11,12)6-1-3-7(4-2-6)14-8(15)5-13/h1-4H,5H2,(H,14,15). The summed E-state index contributed by atoms with van der Waals surface area (Å²) < 4.78 is 36.7. The normalized spacial score (nSPS) is 11.2. The van der Waals surface area contributed by atoms with E-state index in [2.05, 4.69) is 5.32 Å². The molecule has 0 aliphatic carbocycles. The van der Waals surface area contributed by atoms with Crippen molar-refractivity contribution >= 4 is 34.2 Å². The maximum absolute atomic E-state index is 12.2. The summed E-state index contributed by atoms with van der Waals surface area (Å²) in [6.45, 7) is 0. The van der Waals surface area contributed by atoms with Crippen molar-refractivity contribution < 1.29 is 18.0 Å². The van der Waals surface area contributed by atoms with E-state index in [1.54, 1.807) is 0 Å². The van der Waals surface area contributed by atoms with Gasteiger partial charge in [-0.2, -0.15) is 13.2 Å². The molecular weight excluding hydrogens is 322 g/mol. The van der Waals surface area contributed by atoms with Crippen LogP contribution in [0.4, 0.5) is 18.9 Å². The molecule has 6 heteroatoms. The van der Waals surface area contributed by atoms with Crippen molar-refractivity contribution in [3.63, 3.8) is 0 Å². The Hall–Kier alpha value is -0.790. The van der Waals surface area contributed by atoms with Gasteiger partial charge in [0.1, 0.15) is 0 Å². The molecule has 0 saturated carbocycles. The maximum Gasteiger partial charge on any atom is 0.416 e. The van der Waals surface area contributed by atoms with Gasteiger partial charge in [-0.25, -0.2) is 0 Å². The highest BCUT2D eigenvalue weighted by Gasteiger charge is 2.29. The number of anilines is 1. The Balaban J connectivity index is 2.77. The van der Waals surface area contributed by atoms with E-state index in [1.165, 1.54) is 12.1 Å².